The number of hydrogen-bond donors (Lipinski definition) is 1. The van der Waals surface area contributed by atoms with Crippen LogP contribution >= 0.6 is 11.6 Å². The lowest BCUT2D eigenvalue weighted by atomic mass is 10.1. The molecule has 1 N–H and O–H groups in total. The van der Waals surface area contributed by atoms with Gasteiger partial charge in [-0.15, -0.1) is 10.2 Å². The van der Waals surface area contributed by atoms with Gasteiger partial charge in [-0.25, -0.2) is 0 Å². The van der Waals surface area contributed by atoms with Crippen LogP contribution in [-0.2, 0) is 19.1 Å². The van der Waals surface area contributed by atoms with Gasteiger partial charge in [-0.3, -0.25) is 4.79 Å². The molecule has 0 fully saturated rings. The Bertz CT molecular complexity index is 1080. The lowest BCUT2D eigenvalue weighted by molar-refractivity contribution is -0.137. The van der Waals surface area contributed by atoms with E-state index in [0.717, 1.165) is 62.3 Å². The average molecular weight is 435 g/mol. The number of alkyl halides is 3. The first-order valence-corrected chi connectivity index (χ1v) is 9.91. The van der Waals surface area contributed by atoms with Crippen molar-refractivity contribution in [2.45, 2.75) is 38.4 Å². The first-order chi connectivity index (χ1) is 14.3. The molecule has 0 saturated heterocycles. The summed E-state index contributed by atoms with van der Waals surface area (Å²) in [5.74, 6) is 1.04. The summed E-state index contributed by atoms with van der Waals surface area (Å²) in [4.78, 5) is 12.5. The van der Waals surface area contributed by atoms with Gasteiger partial charge in [-0.2, -0.15) is 13.2 Å². The second-order valence-corrected chi connectivity index (χ2v) is 7.53. The number of hydrogen-bond acceptors (Lipinski definition) is 3. The van der Waals surface area contributed by atoms with Crippen LogP contribution in [-0.4, -0.2) is 20.7 Å². The van der Waals surface area contributed by atoms with Gasteiger partial charge in [-0.05, 0) is 55.3 Å². The third-order valence-corrected chi connectivity index (χ3v) is 5.38. The van der Waals surface area contributed by atoms with Crippen molar-refractivity contribution in [1.29, 1.82) is 0 Å². The molecule has 1 aromatic heterocycles. The van der Waals surface area contributed by atoms with Crippen LogP contribution < -0.4 is 5.32 Å². The highest BCUT2D eigenvalue weighted by Gasteiger charge is 2.30. The molecule has 4 rings (SSSR count). The predicted molar refractivity (Wildman–Crippen MR) is 107 cm³/mol. The number of aromatic nitrogens is 3. The van der Waals surface area contributed by atoms with E-state index >= 15 is 0 Å². The molecule has 9 heteroatoms. The number of halogens is 4. The molecular weight excluding hydrogens is 417 g/mol. The smallest absolute Gasteiger partial charge is 0.322 e. The van der Waals surface area contributed by atoms with E-state index < -0.39 is 17.6 Å². The van der Waals surface area contributed by atoms with Crippen molar-refractivity contribution in [1.82, 2.24) is 14.8 Å². The maximum absolute atomic E-state index is 12.7. The lowest BCUT2D eigenvalue weighted by Gasteiger charge is -2.12. The molecule has 2 heterocycles. The number of carbonyl (C=O) groups is 1. The third-order valence-electron chi connectivity index (χ3n) is 5.05. The SMILES string of the molecule is O=C(Nc1ccc(Cl)c(-c2nnc3n2CCCCC3)c1)c1ccc(C(F)(F)F)cc1. The van der Waals surface area contributed by atoms with Crippen molar-refractivity contribution < 1.29 is 18.0 Å². The highest BCUT2D eigenvalue weighted by atomic mass is 35.5. The van der Waals surface area contributed by atoms with Crippen LogP contribution in [0.4, 0.5) is 18.9 Å². The summed E-state index contributed by atoms with van der Waals surface area (Å²) < 4.78 is 40.2. The molecule has 3 aromatic rings. The molecule has 1 amide bonds. The highest BCUT2D eigenvalue weighted by molar-refractivity contribution is 6.33. The van der Waals surface area contributed by atoms with Crippen molar-refractivity contribution in [2.24, 2.45) is 0 Å². The van der Waals surface area contributed by atoms with Gasteiger partial charge in [0.15, 0.2) is 5.82 Å². The molecule has 0 atom stereocenters. The normalized spacial score (nSPS) is 14.1. The number of rotatable bonds is 3. The summed E-state index contributed by atoms with van der Waals surface area (Å²) in [6.07, 6.45) is -0.375. The van der Waals surface area contributed by atoms with E-state index in [1.54, 1.807) is 18.2 Å². The van der Waals surface area contributed by atoms with E-state index in [1.165, 1.54) is 0 Å². The summed E-state index contributed by atoms with van der Waals surface area (Å²) in [6, 6.07) is 9.04. The van der Waals surface area contributed by atoms with Gasteiger partial charge in [0.2, 0.25) is 0 Å². The Kier molecular flexibility index (Phi) is 5.51. The van der Waals surface area contributed by atoms with Crippen LogP contribution in [0.2, 0.25) is 5.02 Å². The Morgan fingerprint density at radius 1 is 1.03 bits per heavy atom. The molecule has 0 aliphatic carbocycles. The van der Waals surface area contributed by atoms with Gasteiger partial charge in [0.05, 0.1) is 10.6 Å². The molecule has 30 heavy (non-hydrogen) atoms. The zero-order valence-electron chi connectivity index (χ0n) is 15.8. The number of aryl methyl sites for hydroxylation is 1. The van der Waals surface area contributed by atoms with Gasteiger partial charge in [0.1, 0.15) is 5.82 Å². The van der Waals surface area contributed by atoms with Crippen LogP contribution in [0, 0.1) is 0 Å². The third kappa shape index (κ3) is 4.18. The summed E-state index contributed by atoms with van der Waals surface area (Å²) in [5.41, 5.74) is 0.420. The van der Waals surface area contributed by atoms with Crippen molar-refractivity contribution in [2.75, 3.05) is 5.32 Å². The molecule has 1 aliphatic rings. The predicted octanol–water partition coefficient (Wildman–Crippen LogP) is 5.60. The molecular formula is C21H18ClF3N4O. The van der Waals surface area contributed by atoms with Crippen molar-refractivity contribution in [3.8, 4) is 11.4 Å². The van der Waals surface area contributed by atoms with E-state index in [4.69, 9.17) is 11.6 Å². The number of anilines is 1. The Balaban J connectivity index is 1.58. The molecule has 0 unspecified atom stereocenters. The molecule has 0 spiro atoms. The van der Waals surface area contributed by atoms with E-state index in [-0.39, 0.29) is 5.56 Å². The van der Waals surface area contributed by atoms with Gasteiger partial charge in [0.25, 0.3) is 5.91 Å². The Labute approximate surface area is 175 Å². The monoisotopic (exact) mass is 434 g/mol. The number of benzene rings is 2. The summed E-state index contributed by atoms with van der Waals surface area (Å²) in [7, 11) is 0. The first-order valence-electron chi connectivity index (χ1n) is 9.53. The fourth-order valence-corrected chi connectivity index (χ4v) is 3.67. The molecule has 156 valence electrons. The number of amides is 1. The maximum Gasteiger partial charge on any atom is 0.416 e. The minimum absolute atomic E-state index is 0.121. The van der Waals surface area contributed by atoms with Crippen LogP contribution in [0.1, 0.15) is 41.0 Å². The van der Waals surface area contributed by atoms with Crippen LogP contribution in [0.25, 0.3) is 11.4 Å². The number of nitrogens with zero attached hydrogens (tertiary/aromatic N) is 3. The number of nitrogens with one attached hydrogen (secondary N) is 1. The zero-order valence-corrected chi connectivity index (χ0v) is 16.6. The van der Waals surface area contributed by atoms with Gasteiger partial charge < -0.3 is 9.88 Å². The minimum atomic E-state index is -4.45. The minimum Gasteiger partial charge on any atom is -0.322 e. The van der Waals surface area contributed by atoms with Crippen LogP contribution in [0.3, 0.4) is 0 Å². The average Bonchev–Trinajstić information content (AvgIpc) is 2.96. The topological polar surface area (TPSA) is 59.8 Å². The Morgan fingerprint density at radius 2 is 1.80 bits per heavy atom. The second kappa shape index (κ2) is 8.10. The molecule has 0 radical (unpaired) electrons. The van der Waals surface area contributed by atoms with E-state index in [9.17, 15) is 18.0 Å². The fraction of sp³-hybridized carbons (Fsp3) is 0.286. The van der Waals surface area contributed by atoms with Gasteiger partial charge >= 0.3 is 6.18 Å². The molecule has 0 bridgehead atoms. The summed E-state index contributed by atoms with van der Waals surface area (Å²) in [6.45, 7) is 0.802. The number of fused-ring (bicyclic) bond motifs is 1. The first kappa shape index (κ1) is 20.4. The zero-order chi connectivity index (χ0) is 21.3. The van der Waals surface area contributed by atoms with E-state index in [1.807, 2.05) is 0 Å². The molecule has 1 aliphatic heterocycles. The largest absolute Gasteiger partial charge is 0.416 e. The Hall–Kier alpha value is -2.87. The highest BCUT2D eigenvalue weighted by Crippen LogP contribution is 2.32. The summed E-state index contributed by atoms with van der Waals surface area (Å²) in [5, 5.41) is 11.7. The van der Waals surface area contributed by atoms with Crippen LogP contribution in [0.15, 0.2) is 42.5 Å². The summed E-state index contributed by atoms with van der Waals surface area (Å²) >= 11 is 6.38. The van der Waals surface area contributed by atoms with E-state index in [2.05, 4.69) is 20.1 Å². The van der Waals surface area contributed by atoms with E-state index in [0.29, 0.717) is 22.1 Å². The molecule has 0 saturated carbocycles. The van der Waals surface area contributed by atoms with Gasteiger partial charge in [0, 0.05) is 29.8 Å². The fourth-order valence-electron chi connectivity index (χ4n) is 3.47. The number of carbonyl (C=O) groups excluding carboxylic acids is 1. The molecule has 2 aromatic carbocycles. The van der Waals surface area contributed by atoms with Crippen molar-refractivity contribution >= 4 is 23.2 Å². The van der Waals surface area contributed by atoms with Crippen molar-refractivity contribution in [3.05, 3.63) is 64.4 Å². The Morgan fingerprint density at radius 3 is 2.53 bits per heavy atom. The lowest BCUT2D eigenvalue weighted by Crippen LogP contribution is -2.13. The van der Waals surface area contributed by atoms with Crippen LogP contribution in [0.5, 0.6) is 0 Å². The second-order valence-electron chi connectivity index (χ2n) is 7.13. The molecule has 5 nitrogen and oxygen atoms in total. The standard InChI is InChI=1S/C21H18ClF3N4O/c22-17-10-9-15(26-20(30)13-5-7-14(8-6-13)21(23,24)25)12-16(17)19-28-27-18-4-2-1-3-11-29(18)19/h5-10,12H,1-4,11H2,(H,26,30). The maximum atomic E-state index is 12.7. The van der Waals surface area contributed by atoms with Gasteiger partial charge in [-0.1, -0.05) is 18.0 Å². The van der Waals surface area contributed by atoms with Crippen molar-refractivity contribution in [3.63, 3.8) is 0 Å². The quantitative estimate of drug-likeness (QED) is 0.584.